The lowest BCUT2D eigenvalue weighted by molar-refractivity contribution is 0.0386. The lowest BCUT2D eigenvalue weighted by Gasteiger charge is -2.12. The molecule has 3 aromatic rings. The number of H-pyrrole nitrogens is 1. The van der Waals surface area contributed by atoms with Crippen molar-refractivity contribution in [3.05, 3.63) is 52.1 Å². The maximum Gasteiger partial charge on any atom is 0.340 e. The molecule has 0 saturated heterocycles. The van der Waals surface area contributed by atoms with Crippen molar-refractivity contribution in [3.8, 4) is 11.5 Å². The first kappa shape index (κ1) is 23.2. The Labute approximate surface area is 186 Å². The van der Waals surface area contributed by atoms with Crippen LogP contribution in [0.5, 0.6) is 0 Å². The second kappa shape index (κ2) is 9.78. The fourth-order valence-electron chi connectivity index (χ4n) is 3.34. The predicted molar refractivity (Wildman–Crippen MR) is 119 cm³/mol. The summed E-state index contributed by atoms with van der Waals surface area (Å²) in [6.07, 6.45) is 0. The number of carbonyl (C=O) groups excluding carboxylic acids is 2. The quantitative estimate of drug-likeness (QED) is 0.398. The second-order valence-electron chi connectivity index (χ2n) is 7.82. The van der Waals surface area contributed by atoms with Gasteiger partial charge in [-0.25, -0.2) is 4.79 Å². The Morgan fingerprint density at radius 2 is 1.94 bits per heavy atom. The molecule has 0 spiro atoms. The van der Waals surface area contributed by atoms with Gasteiger partial charge in [0.1, 0.15) is 12.3 Å². The topological polar surface area (TPSA) is 119 Å². The van der Waals surface area contributed by atoms with Crippen molar-refractivity contribution in [2.45, 2.75) is 40.5 Å². The average molecular weight is 441 g/mol. The normalized spacial score (nSPS) is 11.1. The zero-order chi connectivity index (χ0) is 23.4. The number of ether oxygens (including phenoxy) is 2. The van der Waals surface area contributed by atoms with Gasteiger partial charge in [0.15, 0.2) is 5.82 Å². The van der Waals surface area contributed by atoms with Gasteiger partial charge in [-0.2, -0.15) is 4.98 Å². The molecule has 0 unspecified atom stereocenters. The number of aromatic amines is 1. The number of rotatable bonds is 8. The maximum atomic E-state index is 13.2. The van der Waals surface area contributed by atoms with Gasteiger partial charge in [-0.05, 0) is 38.0 Å². The van der Waals surface area contributed by atoms with Crippen LogP contribution in [0.1, 0.15) is 63.3 Å². The molecule has 3 rings (SSSR count). The van der Waals surface area contributed by atoms with E-state index in [1.165, 1.54) is 7.11 Å². The summed E-state index contributed by atoms with van der Waals surface area (Å²) in [6.45, 7) is 9.69. The van der Waals surface area contributed by atoms with Crippen molar-refractivity contribution >= 4 is 17.6 Å². The van der Waals surface area contributed by atoms with Crippen molar-refractivity contribution in [1.82, 2.24) is 15.1 Å². The van der Waals surface area contributed by atoms with Crippen molar-refractivity contribution in [3.63, 3.8) is 0 Å². The Morgan fingerprint density at radius 3 is 2.59 bits per heavy atom. The summed E-state index contributed by atoms with van der Waals surface area (Å²) in [4.78, 5) is 33.1. The van der Waals surface area contributed by atoms with Crippen molar-refractivity contribution in [2.24, 2.45) is 0 Å². The van der Waals surface area contributed by atoms with E-state index in [2.05, 4.69) is 20.4 Å². The number of aryl methyl sites for hydroxylation is 2. The first-order valence-electron chi connectivity index (χ1n) is 10.3. The third kappa shape index (κ3) is 4.72. The zero-order valence-corrected chi connectivity index (χ0v) is 19.2. The van der Waals surface area contributed by atoms with Crippen LogP contribution in [0.15, 0.2) is 22.7 Å². The molecule has 0 aliphatic heterocycles. The molecule has 170 valence electrons. The molecular formula is C23H28N4O5. The number of anilines is 1. The predicted octanol–water partition coefficient (Wildman–Crippen LogP) is 4.17. The zero-order valence-electron chi connectivity index (χ0n) is 19.2. The molecule has 0 aliphatic carbocycles. The molecule has 0 atom stereocenters. The van der Waals surface area contributed by atoms with Crippen LogP contribution in [0, 0.1) is 20.8 Å². The Morgan fingerprint density at radius 1 is 1.19 bits per heavy atom. The fourth-order valence-corrected chi connectivity index (χ4v) is 3.34. The first-order valence-corrected chi connectivity index (χ1v) is 10.3. The summed E-state index contributed by atoms with van der Waals surface area (Å²) in [5, 5.41) is 6.95. The minimum absolute atomic E-state index is 0.113. The highest BCUT2D eigenvalue weighted by molar-refractivity contribution is 6.08. The van der Waals surface area contributed by atoms with Crippen LogP contribution in [0.4, 0.5) is 5.69 Å². The molecule has 1 amide bonds. The summed E-state index contributed by atoms with van der Waals surface area (Å²) in [7, 11) is 1.53. The number of esters is 1. The van der Waals surface area contributed by atoms with Crippen LogP contribution in [0.25, 0.3) is 11.5 Å². The number of benzene rings is 1. The van der Waals surface area contributed by atoms with E-state index in [4.69, 9.17) is 14.0 Å². The summed E-state index contributed by atoms with van der Waals surface area (Å²) in [5.41, 5.74) is 3.71. The smallest absolute Gasteiger partial charge is 0.340 e. The minimum Gasteiger partial charge on any atom is -0.460 e. The second-order valence-corrected chi connectivity index (χ2v) is 7.82. The van der Waals surface area contributed by atoms with Crippen LogP contribution in [0.3, 0.4) is 0 Å². The van der Waals surface area contributed by atoms with Gasteiger partial charge >= 0.3 is 5.97 Å². The van der Waals surface area contributed by atoms with Gasteiger partial charge in [0.05, 0.1) is 23.4 Å². The highest BCUT2D eigenvalue weighted by Gasteiger charge is 2.25. The number of hydrogen-bond donors (Lipinski definition) is 2. The van der Waals surface area contributed by atoms with Gasteiger partial charge in [-0.15, -0.1) is 0 Å². The number of nitrogens with zero attached hydrogens (tertiary/aromatic N) is 2. The van der Waals surface area contributed by atoms with E-state index < -0.39 is 5.97 Å². The largest absolute Gasteiger partial charge is 0.460 e. The number of nitrogens with one attached hydrogen (secondary N) is 2. The van der Waals surface area contributed by atoms with E-state index in [0.29, 0.717) is 46.4 Å². The highest BCUT2D eigenvalue weighted by Crippen LogP contribution is 2.31. The van der Waals surface area contributed by atoms with Crippen LogP contribution in [0.2, 0.25) is 0 Å². The molecule has 0 radical (unpaired) electrons. The first-order chi connectivity index (χ1) is 15.2. The molecule has 0 bridgehead atoms. The summed E-state index contributed by atoms with van der Waals surface area (Å²) in [5.74, 6) is 0.138. The number of aromatic nitrogens is 3. The Kier molecular flexibility index (Phi) is 7.09. The van der Waals surface area contributed by atoms with Crippen molar-refractivity contribution in [1.29, 1.82) is 0 Å². The Balaban J connectivity index is 1.90. The highest BCUT2D eigenvalue weighted by atomic mass is 16.6. The SMILES string of the molecule is COCCOC(=O)c1c(C)[nH]c(C(=O)Nc2c(C)cccc2-c2nc(C(C)C)no2)c1C. The molecular weight excluding hydrogens is 412 g/mol. The lowest BCUT2D eigenvalue weighted by Crippen LogP contribution is -2.16. The molecule has 0 saturated carbocycles. The number of para-hydroxylation sites is 1. The number of carbonyl (C=O) groups is 2. The minimum atomic E-state index is -0.504. The summed E-state index contributed by atoms with van der Waals surface area (Å²) in [6, 6.07) is 5.55. The molecule has 0 fully saturated rings. The lowest BCUT2D eigenvalue weighted by atomic mass is 10.1. The van der Waals surface area contributed by atoms with E-state index in [9.17, 15) is 9.59 Å². The van der Waals surface area contributed by atoms with Crippen LogP contribution in [-0.2, 0) is 9.47 Å². The van der Waals surface area contributed by atoms with Gasteiger partial charge in [-0.3, -0.25) is 4.79 Å². The Bertz CT molecular complexity index is 1130. The molecule has 2 N–H and O–H groups in total. The van der Waals surface area contributed by atoms with E-state index in [1.807, 2.05) is 39.0 Å². The van der Waals surface area contributed by atoms with Gasteiger partial charge in [0, 0.05) is 18.7 Å². The molecule has 2 heterocycles. The van der Waals surface area contributed by atoms with Crippen LogP contribution < -0.4 is 5.32 Å². The average Bonchev–Trinajstić information content (AvgIpc) is 3.34. The van der Waals surface area contributed by atoms with Crippen molar-refractivity contribution in [2.75, 3.05) is 25.6 Å². The molecule has 32 heavy (non-hydrogen) atoms. The third-order valence-electron chi connectivity index (χ3n) is 5.09. The van der Waals surface area contributed by atoms with E-state index in [-0.39, 0.29) is 24.1 Å². The summed E-state index contributed by atoms with van der Waals surface area (Å²) < 4.78 is 15.5. The van der Waals surface area contributed by atoms with Gasteiger partial charge in [-0.1, -0.05) is 31.1 Å². The molecule has 1 aromatic carbocycles. The standard InChI is InChI=1S/C23H28N4O5/c1-12(2)20-26-22(32-27-20)16-9-7-8-13(3)18(16)25-21(28)19-14(4)17(15(5)24-19)23(29)31-11-10-30-6/h7-9,12,24H,10-11H2,1-6H3,(H,25,28). The number of amides is 1. The molecule has 9 heteroatoms. The van der Waals surface area contributed by atoms with E-state index >= 15 is 0 Å². The maximum absolute atomic E-state index is 13.2. The molecule has 2 aromatic heterocycles. The third-order valence-corrected chi connectivity index (χ3v) is 5.09. The van der Waals surface area contributed by atoms with Gasteiger partial charge in [0.25, 0.3) is 11.8 Å². The Hall–Kier alpha value is -3.46. The van der Waals surface area contributed by atoms with Crippen LogP contribution in [-0.4, -0.2) is 47.3 Å². The summed E-state index contributed by atoms with van der Waals surface area (Å²) >= 11 is 0. The van der Waals surface area contributed by atoms with Gasteiger partial charge in [0.2, 0.25) is 0 Å². The van der Waals surface area contributed by atoms with E-state index in [1.54, 1.807) is 13.8 Å². The van der Waals surface area contributed by atoms with Gasteiger partial charge < -0.3 is 24.3 Å². The monoisotopic (exact) mass is 440 g/mol. The number of hydrogen-bond acceptors (Lipinski definition) is 7. The van der Waals surface area contributed by atoms with Crippen molar-refractivity contribution < 1.29 is 23.6 Å². The number of methoxy groups -OCH3 is 1. The molecule has 9 nitrogen and oxygen atoms in total. The fraction of sp³-hybridized carbons (Fsp3) is 0.391. The van der Waals surface area contributed by atoms with Crippen LogP contribution >= 0.6 is 0 Å². The van der Waals surface area contributed by atoms with E-state index in [0.717, 1.165) is 5.56 Å². The molecule has 0 aliphatic rings.